The van der Waals surface area contributed by atoms with E-state index in [1.807, 2.05) is 18.4 Å². The molecule has 1 unspecified atom stereocenters. The van der Waals surface area contributed by atoms with Crippen molar-refractivity contribution in [1.82, 2.24) is 10.2 Å². The van der Waals surface area contributed by atoms with Gasteiger partial charge in [-0.1, -0.05) is 18.2 Å². The largest absolute Gasteiger partial charge is 0.351 e. The first-order chi connectivity index (χ1) is 11.0. The molecule has 0 bridgehead atoms. The quantitative estimate of drug-likeness (QED) is 0.882. The van der Waals surface area contributed by atoms with Crippen LogP contribution < -0.4 is 5.32 Å². The number of nitrogens with zero attached hydrogens (tertiary/aromatic N) is 1. The van der Waals surface area contributed by atoms with E-state index < -0.39 is 0 Å². The van der Waals surface area contributed by atoms with Crippen molar-refractivity contribution in [3.8, 4) is 0 Å². The van der Waals surface area contributed by atoms with Crippen molar-refractivity contribution >= 4 is 23.2 Å². The van der Waals surface area contributed by atoms with E-state index in [-0.39, 0.29) is 36.6 Å². The first-order valence-corrected chi connectivity index (χ1v) is 8.20. The van der Waals surface area contributed by atoms with Crippen LogP contribution in [0.2, 0.25) is 0 Å². The van der Waals surface area contributed by atoms with E-state index >= 15 is 0 Å². The topological polar surface area (TPSA) is 49.4 Å². The van der Waals surface area contributed by atoms with Gasteiger partial charge in [0.15, 0.2) is 0 Å². The molecule has 122 valence electrons. The van der Waals surface area contributed by atoms with Crippen molar-refractivity contribution in [2.24, 2.45) is 0 Å². The Morgan fingerprint density at radius 2 is 1.96 bits per heavy atom. The lowest BCUT2D eigenvalue weighted by Crippen LogP contribution is -2.33. The number of halogens is 1. The fourth-order valence-corrected chi connectivity index (χ4v) is 2.78. The minimum absolute atomic E-state index is 0.0756. The molecule has 0 fully saturated rings. The number of thiophene rings is 1. The molecular formula is C17H19FN2O2S. The number of carbonyl (C=O) groups excluding carboxylic acids is 2. The predicted molar refractivity (Wildman–Crippen MR) is 88.9 cm³/mol. The minimum Gasteiger partial charge on any atom is -0.351 e. The highest BCUT2D eigenvalue weighted by molar-refractivity contribution is 7.12. The highest BCUT2D eigenvalue weighted by atomic mass is 32.1. The summed E-state index contributed by atoms with van der Waals surface area (Å²) in [6.07, 6.45) is 0.221. The Kier molecular flexibility index (Phi) is 5.87. The summed E-state index contributed by atoms with van der Waals surface area (Å²) >= 11 is 1.36. The van der Waals surface area contributed by atoms with Gasteiger partial charge in [0.2, 0.25) is 5.91 Å². The highest BCUT2D eigenvalue weighted by Crippen LogP contribution is 2.19. The van der Waals surface area contributed by atoms with Crippen molar-refractivity contribution in [1.29, 1.82) is 0 Å². The van der Waals surface area contributed by atoms with Crippen LogP contribution in [0.25, 0.3) is 0 Å². The Morgan fingerprint density at radius 3 is 2.57 bits per heavy atom. The molecule has 0 aliphatic heterocycles. The molecule has 1 heterocycles. The summed E-state index contributed by atoms with van der Waals surface area (Å²) in [4.78, 5) is 26.2. The number of benzene rings is 1. The Morgan fingerprint density at radius 1 is 1.26 bits per heavy atom. The zero-order chi connectivity index (χ0) is 16.8. The van der Waals surface area contributed by atoms with Gasteiger partial charge in [0.25, 0.3) is 5.91 Å². The second-order valence-corrected chi connectivity index (χ2v) is 6.16. The summed E-state index contributed by atoms with van der Waals surface area (Å²) < 4.78 is 12.9. The van der Waals surface area contributed by atoms with Gasteiger partial charge in [0.05, 0.1) is 10.9 Å². The van der Waals surface area contributed by atoms with Gasteiger partial charge in [-0.3, -0.25) is 9.59 Å². The zero-order valence-corrected chi connectivity index (χ0v) is 13.9. The molecule has 0 saturated heterocycles. The first kappa shape index (κ1) is 17.1. The SMILES string of the molecule is CC(c1ccc(F)cc1)N(C)C(=O)CCNC(=O)c1cccs1. The molecule has 4 nitrogen and oxygen atoms in total. The van der Waals surface area contributed by atoms with Crippen molar-refractivity contribution in [2.75, 3.05) is 13.6 Å². The van der Waals surface area contributed by atoms with Gasteiger partial charge >= 0.3 is 0 Å². The van der Waals surface area contributed by atoms with Gasteiger partial charge in [0.1, 0.15) is 5.82 Å². The monoisotopic (exact) mass is 334 g/mol. The molecule has 0 radical (unpaired) electrons. The number of carbonyl (C=O) groups is 2. The highest BCUT2D eigenvalue weighted by Gasteiger charge is 2.17. The standard InChI is InChI=1S/C17H19FN2O2S/c1-12(13-5-7-14(18)8-6-13)20(2)16(21)9-10-19-17(22)15-4-3-11-23-15/h3-8,11-12H,9-10H2,1-2H3,(H,19,22). The van der Waals surface area contributed by atoms with E-state index in [0.717, 1.165) is 5.56 Å². The Hall–Kier alpha value is -2.21. The maximum Gasteiger partial charge on any atom is 0.261 e. The third kappa shape index (κ3) is 4.63. The van der Waals surface area contributed by atoms with Gasteiger partial charge in [-0.2, -0.15) is 0 Å². The maximum atomic E-state index is 12.9. The number of rotatable bonds is 6. The Labute approximate surface area is 138 Å². The third-order valence-electron chi connectivity index (χ3n) is 3.70. The Bertz CT molecular complexity index is 656. The average molecular weight is 334 g/mol. The summed E-state index contributed by atoms with van der Waals surface area (Å²) in [5, 5.41) is 4.56. The van der Waals surface area contributed by atoms with Crippen molar-refractivity contribution in [3.05, 3.63) is 58.0 Å². The molecule has 1 N–H and O–H groups in total. The zero-order valence-electron chi connectivity index (χ0n) is 13.1. The molecule has 23 heavy (non-hydrogen) atoms. The summed E-state index contributed by atoms with van der Waals surface area (Å²) in [6.45, 7) is 2.17. The lowest BCUT2D eigenvalue weighted by Gasteiger charge is -2.25. The number of hydrogen-bond donors (Lipinski definition) is 1. The van der Waals surface area contributed by atoms with E-state index in [4.69, 9.17) is 0 Å². The van der Waals surface area contributed by atoms with Crippen LogP contribution in [0.5, 0.6) is 0 Å². The van der Waals surface area contributed by atoms with Crippen LogP contribution >= 0.6 is 11.3 Å². The fraction of sp³-hybridized carbons (Fsp3) is 0.294. The molecule has 2 rings (SSSR count). The molecule has 1 aromatic heterocycles. The normalized spacial score (nSPS) is 11.8. The van der Waals surface area contributed by atoms with Crippen LogP contribution in [0, 0.1) is 5.82 Å². The van der Waals surface area contributed by atoms with Gasteiger partial charge in [-0.25, -0.2) is 4.39 Å². The van der Waals surface area contributed by atoms with Crippen molar-refractivity contribution in [2.45, 2.75) is 19.4 Å². The van der Waals surface area contributed by atoms with E-state index in [1.54, 1.807) is 30.1 Å². The van der Waals surface area contributed by atoms with E-state index in [2.05, 4.69) is 5.32 Å². The second kappa shape index (κ2) is 7.87. The van der Waals surface area contributed by atoms with Gasteiger partial charge in [-0.05, 0) is 36.1 Å². The molecule has 6 heteroatoms. The molecule has 0 saturated carbocycles. The Balaban J connectivity index is 1.82. The number of amides is 2. The van der Waals surface area contributed by atoms with Crippen LogP contribution in [0.15, 0.2) is 41.8 Å². The minimum atomic E-state index is -0.300. The molecule has 0 aliphatic rings. The van der Waals surface area contributed by atoms with Gasteiger partial charge < -0.3 is 10.2 Å². The maximum absolute atomic E-state index is 12.9. The van der Waals surface area contributed by atoms with Crippen LogP contribution in [-0.4, -0.2) is 30.3 Å². The number of nitrogens with one attached hydrogen (secondary N) is 1. The lowest BCUT2D eigenvalue weighted by atomic mass is 10.1. The lowest BCUT2D eigenvalue weighted by molar-refractivity contribution is -0.131. The van der Waals surface area contributed by atoms with Gasteiger partial charge in [-0.15, -0.1) is 11.3 Å². The molecule has 0 aliphatic carbocycles. The second-order valence-electron chi connectivity index (χ2n) is 5.22. The van der Waals surface area contributed by atoms with Crippen LogP contribution in [-0.2, 0) is 4.79 Å². The molecule has 2 aromatic rings. The molecule has 2 amide bonds. The summed E-state index contributed by atoms with van der Waals surface area (Å²) in [6, 6.07) is 9.49. The molecule has 1 aromatic carbocycles. The van der Waals surface area contributed by atoms with Crippen molar-refractivity contribution < 1.29 is 14.0 Å². The molecular weight excluding hydrogens is 315 g/mol. The average Bonchev–Trinajstić information content (AvgIpc) is 3.08. The predicted octanol–water partition coefficient (Wildman–Crippen LogP) is 3.23. The van der Waals surface area contributed by atoms with E-state index in [1.165, 1.54) is 23.5 Å². The third-order valence-corrected chi connectivity index (χ3v) is 4.56. The van der Waals surface area contributed by atoms with Crippen molar-refractivity contribution in [3.63, 3.8) is 0 Å². The van der Waals surface area contributed by atoms with Crippen LogP contribution in [0.1, 0.15) is 34.6 Å². The van der Waals surface area contributed by atoms with E-state index in [9.17, 15) is 14.0 Å². The smallest absolute Gasteiger partial charge is 0.261 e. The fourth-order valence-electron chi connectivity index (χ4n) is 2.14. The van der Waals surface area contributed by atoms with Gasteiger partial charge in [0, 0.05) is 20.0 Å². The first-order valence-electron chi connectivity index (χ1n) is 7.32. The molecule has 0 spiro atoms. The van der Waals surface area contributed by atoms with Crippen LogP contribution in [0.3, 0.4) is 0 Å². The van der Waals surface area contributed by atoms with E-state index in [0.29, 0.717) is 4.88 Å². The summed E-state index contributed by atoms with van der Waals surface area (Å²) in [5.74, 6) is -0.540. The molecule has 1 atom stereocenters. The summed E-state index contributed by atoms with van der Waals surface area (Å²) in [7, 11) is 1.71. The summed E-state index contributed by atoms with van der Waals surface area (Å²) in [5.41, 5.74) is 0.866. The number of hydrogen-bond acceptors (Lipinski definition) is 3. The van der Waals surface area contributed by atoms with Crippen LogP contribution in [0.4, 0.5) is 4.39 Å².